The molecule has 1 atom stereocenters. The maximum atomic E-state index is 12.0. The maximum absolute atomic E-state index is 12.0. The van der Waals surface area contributed by atoms with E-state index in [0.29, 0.717) is 0 Å². The quantitative estimate of drug-likeness (QED) is 0.556. The number of hydrogen-bond donors (Lipinski definition) is 3. The summed E-state index contributed by atoms with van der Waals surface area (Å²) >= 11 is 4.09. The molecule has 0 spiro atoms. The lowest BCUT2D eigenvalue weighted by Crippen LogP contribution is -2.44. The third kappa shape index (κ3) is 6.82. The van der Waals surface area contributed by atoms with Crippen LogP contribution < -0.4 is 10.6 Å². The Balaban J connectivity index is 2.66. The Morgan fingerprint density at radius 1 is 1.19 bits per heavy atom. The van der Waals surface area contributed by atoms with E-state index in [1.165, 1.54) is 12.5 Å². The number of benzene rings is 1. The Bertz CT molecular complexity index is 497. The van der Waals surface area contributed by atoms with E-state index in [2.05, 4.69) is 42.9 Å². The van der Waals surface area contributed by atoms with Gasteiger partial charge < -0.3 is 10.6 Å². The van der Waals surface area contributed by atoms with E-state index < -0.39 is 14.1 Å². The first-order valence-electron chi connectivity index (χ1n) is 6.99. The average Bonchev–Trinajstić information content (AvgIpc) is 2.36. The van der Waals surface area contributed by atoms with Gasteiger partial charge in [0.2, 0.25) is 11.8 Å². The monoisotopic (exact) mass is 324 g/mol. The first-order valence-corrected chi connectivity index (χ1v) is 11.3. The molecule has 0 bridgehead atoms. The minimum atomic E-state index is -1.13. The number of nitrogens with one attached hydrogen (secondary N) is 2. The van der Waals surface area contributed by atoms with Gasteiger partial charge in [-0.3, -0.25) is 9.59 Å². The van der Waals surface area contributed by atoms with Gasteiger partial charge in [-0.15, -0.1) is 0 Å². The van der Waals surface area contributed by atoms with Crippen molar-refractivity contribution < 1.29 is 9.59 Å². The first kappa shape index (κ1) is 17.8. The molecule has 0 aliphatic rings. The minimum absolute atomic E-state index is 0.241. The summed E-state index contributed by atoms with van der Waals surface area (Å²) in [5.41, 5.74) is 2.02. The maximum Gasteiger partial charge on any atom is 0.247 e. The molecule has 2 amide bonds. The topological polar surface area (TPSA) is 58.2 Å². The van der Waals surface area contributed by atoms with Crippen LogP contribution in [0.5, 0.6) is 0 Å². The molecule has 0 radical (unpaired) electrons. The SMILES string of the molecule is CC(=O)NC(CS)C(=O)Nc1ccc(C[Si](C)(C)C)cc1. The lowest BCUT2D eigenvalue weighted by atomic mass is 10.2. The molecule has 21 heavy (non-hydrogen) atoms. The van der Waals surface area contributed by atoms with Gasteiger partial charge in [0, 0.05) is 26.4 Å². The van der Waals surface area contributed by atoms with Crippen molar-refractivity contribution in [2.75, 3.05) is 11.1 Å². The summed E-state index contributed by atoms with van der Waals surface area (Å²) in [5, 5.41) is 5.37. The molecule has 1 rings (SSSR count). The van der Waals surface area contributed by atoms with Gasteiger partial charge in [0.05, 0.1) is 0 Å². The molecule has 1 aromatic rings. The number of amides is 2. The van der Waals surface area contributed by atoms with Crippen LogP contribution in [0.15, 0.2) is 24.3 Å². The molecule has 6 heteroatoms. The molecule has 1 unspecified atom stereocenters. The molecule has 0 aromatic heterocycles. The second-order valence-electron chi connectivity index (χ2n) is 6.36. The summed E-state index contributed by atoms with van der Waals surface area (Å²) < 4.78 is 0. The van der Waals surface area contributed by atoms with Crippen molar-refractivity contribution in [3.8, 4) is 0 Å². The zero-order valence-electron chi connectivity index (χ0n) is 13.1. The summed E-state index contributed by atoms with van der Waals surface area (Å²) in [6.45, 7) is 8.36. The number of carbonyl (C=O) groups excluding carboxylic acids is 2. The van der Waals surface area contributed by atoms with Gasteiger partial charge >= 0.3 is 0 Å². The van der Waals surface area contributed by atoms with Crippen LogP contribution in [0.2, 0.25) is 19.6 Å². The predicted molar refractivity (Wildman–Crippen MR) is 93.6 cm³/mol. The second kappa shape index (κ2) is 7.65. The van der Waals surface area contributed by atoms with Crippen molar-refractivity contribution in [2.24, 2.45) is 0 Å². The molecule has 0 saturated heterocycles. The van der Waals surface area contributed by atoms with Crippen LogP contribution in [0.3, 0.4) is 0 Å². The normalized spacial score (nSPS) is 12.6. The summed E-state index contributed by atoms with van der Waals surface area (Å²) in [5.74, 6) is -0.230. The molecule has 0 aliphatic heterocycles. The highest BCUT2D eigenvalue weighted by molar-refractivity contribution is 7.80. The van der Waals surface area contributed by atoms with Crippen LogP contribution >= 0.6 is 12.6 Å². The van der Waals surface area contributed by atoms with Crippen molar-refractivity contribution in [3.05, 3.63) is 29.8 Å². The molecule has 1 aromatic carbocycles. The van der Waals surface area contributed by atoms with Gasteiger partial charge in [0.15, 0.2) is 0 Å². The van der Waals surface area contributed by atoms with Gasteiger partial charge in [0.1, 0.15) is 6.04 Å². The summed E-state index contributed by atoms with van der Waals surface area (Å²) in [6, 6.07) is 8.39. The van der Waals surface area contributed by atoms with E-state index in [1.807, 2.05) is 24.3 Å². The molecule has 0 saturated carbocycles. The molecule has 0 aliphatic carbocycles. The smallest absolute Gasteiger partial charge is 0.247 e. The van der Waals surface area contributed by atoms with E-state index in [0.717, 1.165) is 11.7 Å². The lowest BCUT2D eigenvalue weighted by molar-refractivity contribution is -0.124. The molecule has 0 heterocycles. The van der Waals surface area contributed by atoms with Gasteiger partial charge in [-0.25, -0.2) is 0 Å². The molecule has 4 nitrogen and oxygen atoms in total. The third-order valence-electron chi connectivity index (χ3n) is 2.83. The van der Waals surface area contributed by atoms with Crippen molar-refractivity contribution in [1.82, 2.24) is 5.32 Å². The van der Waals surface area contributed by atoms with Gasteiger partial charge in [-0.1, -0.05) is 37.3 Å². The third-order valence-corrected chi connectivity index (χ3v) is 4.67. The Morgan fingerprint density at radius 2 is 1.76 bits per heavy atom. The van der Waals surface area contributed by atoms with Crippen LogP contribution in [0, 0.1) is 0 Å². The van der Waals surface area contributed by atoms with Crippen LogP contribution in [0.4, 0.5) is 5.69 Å². The summed E-state index contributed by atoms with van der Waals surface area (Å²) in [6.07, 6.45) is 0. The first-order chi connectivity index (χ1) is 9.71. The molecule has 116 valence electrons. The van der Waals surface area contributed by atoms with E-state index in [4.69, 9.17) is 0 Å². The van der Waals surface area contributed by atoms with Gasteiger partial charge in [-0.05, 0) is 18.2 Å². The molecule has 0 fully saturated rings. The highest BCUT2D eigenvalue weighted by atomic mass is 32.1. The van der Waals surface area contributed by atoms with Crippen LogP contribution in [0.25, 0.3) is 0 Å². The lowest BCUT2D eigenvalue weighted by Gasteiger charge is -2.17. The zero-order valence-corrected chi connectivity index (χ0v) is 15.0. The predicted octanol–water partition coefficient (Wildman–Crippen LogP) is 2.48. The number of thiol groups is 1. The van der Waals surface area contributed by atoms with Crippen LogP contribution in [-0.4, -0.2) is 31.7 Å². The van der Waals surface area contributed by atoms with Gasteiger partial charge in [0.25, 0.3) is 0 Å². The van der Waals surface area contributed by atoms with E-state index in [-0.39, 0.29) is 17.6 Å². The van der Waals surface area contributed by atoms with E-state index in [1.54, 1.807) is 0 Å². The zero-order chi connectivity index (χ0) is 16.0. The van der Waals surface area contributed by atoms with Crippen LogP contribution in [-0.2, 0) is 15.6 Å². The minimum Gasteiger partial charge on any atom is -0.344 e. The second-order valence-corrected chi connectivity index (χ2v) is 12.2. The fourth-order valence-corrected chi connectivity index (χ4v) is 3.70. The fourth-order valence-electron chi connectivity index (χ4n) is 1.99. The highest BCUT2D eigenvalue weighted by Crippen LogP contribution is 2.15. The average molecular weight is 325 g/mol. The number of anilines is 1. The van der Waals surface area contributed by atoms with Crippen molar-refractivity contribution in [2.45, 2.75) is 38.7 Å². The highest BCUT2D eigenvalue weighted by Gasteiger charge is 2.18. The Labute approximate surface area is 133 Å². The van der Waals surface area contributed by atoms with Crippen molar-refractivity contribution in [1.29, 1.82) is 0 Å². The standard InChI is InChI=1S/C15H24N2O2SSi/c1-11(18)16-14(9-20)15(19)17-13-7-5-12(6-8-13)10-21(2,3)4/h5-8,14,20H,9-10H2,1-4H3,(H,16,18)(H,17,19). The summed E-state index contributed by atoms with van der Waals surface area (Å²) in [7, 11) is -1.13. The molecule has 2 N–H and O–H groups in total. The fraction of sp³-hybridized carbons (Fsp3) is 0.467. The molecular formula is C15H24N2O2SSi. The molecular weight excluding hydrogens is 300 g/mol. The number of carbonyl (C=O) groups is 2. The van der Waals surface area contributed by atoms with E-state index >= 15 is 0 Å². The largest absolute Gasteiger partial charge is 0.344 e. The number of rotatable bonds is 6. The van der Waals surface area contributed by atoms with Crippen LogP contribution in [0.1, 0.15) is 12.5 Å². The van der Waals surface area contributed by atoms with Crippen molar-refractivity contribution in [3.63, 3.8) is 0 Å². The summed E-state index contributed by atoms with van der Waals surface area (Å²) in [4.78, 5) is 23.1. The van der Waals surface area contributed by atoms with Crippen molar-refractivity contribution >= 4 is 38.2 Å². The van der Waals surface area contributed by atoms with Gasteiger partial charge in [-0.2, -0.15) is 12.6 Å². The van der Waals surface area contributed by atoms with E-state index in [9.17, 15) is 9.59 Å². The Hall–Kier alpha value is -1.27. The number of hydrogen-bond acceptors (Lipinski definition) is 3. The Kier molecular flexibility index (Phi) is 6.48. The Morgan fingerprint density at radius 3 is 2.19 bits per heavy atom.